The van der Waals surface area contributed by atoms with Gasteiger partial charge in [-0.05, 0) is 19.8 Å². The van der Waals surface area contributed by atoms with Crippen molar-refractivity contribution >= 4 is 11.9 Å². The van der Waals surface area contributed by atoms with Crippen molar-refractivity contribution in [1.29, 1.82) is 0 Å². The summed E-state index contributed by atoms with van der Waals surface area (Å²) in [6.45, 7) is 3.25. The highest BCUT2D eigenvalue weighted by Gasteiger charge is 2.17. The van der Waals surface area contributed by atoms with Crippen molar-refractivity contribution in [2.45, 2.75) is 32.4 Å². The third kappa shape index (κ3) is 4.02. The molecule has 0 aliphatic carbocycles. The molecular weight excluding hydrogens is 264 g/mol. The zero-order chi connectivity index (χ0) is 14.4. The van der Waals surface area contributed by atoms with E-state index in [-0.39, 0.29) is 30.9 Å². The number of nitrogens with one attached hydrogen (secondary N) is 1. The van der Waals surface area contributed by atoms with E-state index in [0.29, 0.717) is 6.54 Å². The van der Waals surface area contributed by atoms with Crippen LogP contribution in [-0.4, -0.2) is 52.7 Å². The van der Waals surface area contributed by atoms with Crippen LogP contribution in [0.15, 0.2) is 6.20 Å². The Morgan fingerprint density at radius 3 is 3.15 bits per heavy atom. The molecule has 2 heterocycles. The van der Waals surface area contributed by atoms with Crippen LogP contribution in [0.2, 0.25) is 0 Å². The van der Waals surface area contributed by atoms with Gasteiger partial charge in [-0.2, -0.15) is 0 Å². The van der Waals surface area contributed by atoms with Gasteiger partial charge >= 0.3 is 5.97 Å². The zero-order valence-corrected chi connectivity index (χ0v) is 11.4. The van der Waals surface area contributed by atoms with E-state index in [9.17, 15) is 9.59 Å². The van der Waals surface area contributed by atoms with Gasteiger partial charge in [-0.25, -0.2) is 9.48 Å². The molecule has 1 aromatic heterocycles. The van der Waals surface area contributed by atoms with Crippen molar-refractivity contribution in [2.24, 2.45) is 0 Å². The summed E-state index contributed by atoms with van der Waals surface area (Å²) in [6.07, 6.45) is 3.50. The number of amides is 1. The molecule has 1 atom stereocenters. The number of nitrogens with zero attached hydrogens (tertiary/aromatic N) is 3. The quantitative estimate of drug-likeness (QED) is 0.723. The topological polar surface area (TPSA) is 95.3 Å². The molecule has 0 radical (unpaired) electrons. The summed E-state index contributed by atoms with van der Waals surface area (Å²) in [7, 11) is 0. The maximum absolute atomic E-state index is 11.7. The fourth-order valence-electron chi connectivity index (χ4n) is 1.91. The molecule has 1 aliphatic rings. The lowest BCUT2D eigenvalue weighted by Gasteiger charge is -2.10. The maximum Gasteiger partial charge on any atom is 0.360 e. The van der Waals surface area contributed by atoms with Crippen LogP contribution in [0, 0.1) is 0 Å². The minimum absolute atomic E-state index is 0.0130. The van der Waals surface area contributed by atoms with Crippen LogP contribution in [0.5, 0.6) is 0 Å². The van der Waals surface area contributed by atoms with Gasteiger partial charge in [-0.3, -0.25) is 4.79 Å². The highest BCUT2D eigenvalue weighted by atomic mass is 16.5. The normalized spacial score (nSPS) is 17.9. The second-order valence-electron chi connectivity index (χ2n) is 4.46. The Balaban J connectivity index is 1.77. The Bertz CT molecular complexity index is 468. The summed E-state index contributed by atoms with van der Waals surface area (Å²) in [4.78, 5) is 23.1. The fraction of sp³-hybridized carbons (Fsp3) is 0.667. The monoisotopic (exact) mass is 282 g/mol. The van der Waals surface area contributed by atoms with Crippen LogP contribution < -0.4 is 5.32 Å². The molecule has 0 saturated carbocycles. The van der Waals surface area contributed by atoms with E-state index >= 15 is 0 Å². The lowest BCUT2D eigenvalue weighted by molar-refractivity contribution is -0.122. The summed E-state index contributed by atoms with van der Waals surface area (Å²) in [5.41, 5.74) is 0.0961. The maximum atomic E-state index is 11.7. The summed E-state index contributed by atoms with van der Waals surface area (Å²) >= 11 is 0. The molecule has 1 N–H and O–H groups in total. The Morgan fingerprint density at radius 2 is 2.45 bits per heavy atom. The van der Waals surface area contributed by atoms with Gasteiger partial charge in [-0.15, -0.1) is 5.10 Å². The smallest absolute Gasteiger partial charge is 0.360 e. The number of esters is 1. The van der Waals surface area contributed by atoms with Gasteiger partial charge in [0.15, 0.2) is 5.69 Å². The second-order valence-corrected chi connectivity index (χ2v) is 4.46. The van der Waals surface area contributed by atoms with Crippen LogP contribution >= 0.6 is 0 Å². The molecule has 1 aliphatic heterocycles. The largest absolute Gasteiger partial charge is 0.461 e. The third-order valence-electron chi connectivity index (χ3n) is 2.88. The summed E-state index contributed by atoms with van der Waals surface area (Å²) in [5.74, 6) is -0.737. The molecule has 110 valence electrons. The van der Waals surface area contributed by atoms with E-state index < -0.39 is 5.97 Å². The van der Waals surface area contributed by atoms with Gasteiger partial charge in [0.05, 0.1) is 18.9 Å². The SMILES string of the molecule is CCOC(=O)c1cn(CC(=O)NC[C@@H]2CCCO2)nn1. The van der Waals surface area contributed by atoms with Crippen molar-refractivity contribution < 1.29 is 19.1 Å². The number of ether oxygens (including phenoxy) is 2. The molecule has 1 aromatic rings. The van der Waals surface area contributed by atoms with Crippen molar-refractivity contribution in [3.05, 3.63) is 11.9 Å². The Labute approximate surface area is 116 Å². The van der Waals surface area contributed by atoms with Gasteiger partial charge in [0.25, 0.3) is 0 Å². The minimum Gasteiger partial charge on any atom is -0.461 e. The van der Waals surface area contributed by atoms with Crippen LogP contribution in [0.4, 0.5) is 0 Å². The van der Waals surface area contributed by atoms with Gasteiger partial charge in [0.2, 0.25) is 5.91 Å². The molecule has 0 bridgehead atoms. The van der Waals surface area contributed by atoms with E-state index in [0.717, 1.165) is 19.4 Å². The zero-order valence-electron chi connectivity index (χ0n) is 11.4. The lowest BCUT2D eigenvalue weighted by Crippen LogP contribution is -2.34. The van der Waals surface area contributed by atoms with Crippen molar-refractivity contribution in [3.8, 4) is 0 Å². The Kier molecular flexibility index (Phi) is 5.05. The number of carbonyl (C=O) groups is 2. The molecule has 0 spiro atoms. The molecule has 1 fully saturated rings. The third-order valence-corrected chi connectivity index (χ3v) is 2.88. The standard InChI is InChI=1S/C12H18N4O4/c1-2-19-12(18)10-7-16(15-14-10)8-11(17)13-6-9-4-3-5-20-9/h7,9H,2-6,8H2,1H3,(H,13,17)/t9-/m0/s1. The Morgan fingerprint density at radius 1 is 1.60 bits per heavy atom. The molecule has 1 amide bonds. The predicted octanol–water partition coefficient (Wildman–Crippen LogP) is -0.250. The van der Waals surface area contributed by atoms with Crippen molar-refractivity contribution in [2.75, 3.05) is 19.8 Å². The first kappa shape index (κ1) is 14.4. The predicted molar refractivity (Wildman–Crippen MR) is 68.0 cm³/mol. The van der Waals surface area contributed by atoms with E-state index in [2.05, 4.69) is 15.6 Å². The lowest BCUT2D eigenvalue weighted by atomic mass is 10.2. The van der Waals surface area contributed by atoms with E-state index in [4.69, 9.17) is 9.47 Å². The first-order valence-electron chi connectivity index (χ1n) is 6.64. The highest BCUT2D eigenvalue weighted by Crippen LogP contribution is 2.10. The molecule has 0 aromatic carbocycles. The summed E-state index contributed by atoms with van der Waals surface area (Å²) in [6, 6.07) is 0. The molecule has 8 nitrogen and oxygen atoms in total. The summed E-state index contributed by atoms with van der Waals surface area (Å²) < 4.78 is 11.5. The number of rotatable bonds is 6. The molecule has 1 saturated heterocycles. The van der Waals surface area contributed by atoms with Crippen LogP contribution in [0.1, 0.15) is 30.3 Å². The van der Waals surface area contributed by atoms with E-state index in [1.807, 2.05) is 0 Å². The fourth-order valence-corrected chi connectivity index (χ4v) is 1.91. The van der Waals surface area contributed by atoms with Gasteiger partial charge in [-0.1, -0.05) is 5.21 Å². The van der Waals surface area contributed by atoms with Gasteiger partial charge in [0.1, 0.15) is 6.54 Å². The van der Waals surface area contributed by atoms with Gasteiger partial charge < -0.3 is 14.8 Å². The molecular formula is C12H18N4O4. The number of aromatic nitrogens is 3. The first-order chi connectivity index (χ1) is 9.69. The first-order valence-corrected chi connectivity index (χ1v) is 6.64. The van der Waals surface area contributed by atoms with Crippen molar-refractivity contribution in [3.63, 3.8) is 0 Å². The molecule has 0 unspecified atom stereocenters. The van der Waals surface area contributed by atoms with E-state index in [1.165, 1.54) is 10.9 Å². The molecule has 2 rings (SSSR count). The molecule has 20 heavy (non-hydrogen) atoms. The highest BCUT2D eigenvalue weighted by molar-refractivity contribution is 5.86. The number of hydrogen-bond acceptors (Lipinski definition) is 6. The molecule has 8 heteroatoms. The van der Waals surface area contributed by atoms with E-state index in [1.54, 1.807) is 6.92 Å². The number of carbonyl (C=O) groups excluding carboxylic acids is 2. The van der Waals surface area contributed by atoms with Crippen LogP contribution in [-0.2, 0) is 20.8 Å². The average Bonchev–Trinajstić information content (AvgIpc) is 3.07. The van der Waals surface area contributed by atoms with Crippen LogP contribution in [0.3, 0.4) is 0 Å². The Hall–Kier alpha value is -1.96. The minimum atomic E-state index is -0.543. The van der Waals surface area contributed by atoms with Crippen LogP contribution in [0.25, 0.3) is 0 Å². The van der Waals surface area contributed by atoms with Crippen molar-refractivity contribution in [1.82, 2.24) is 20.3 Å². The average molecular weight is 282 g/mol. The second kappa shape index (κ2) is 6.99. The number of hydrogen-bond donors (Lipinski definition) is 1. The van der Waals surface area contributed by atoms with Gasteiger partial charge in [0, 0.05) is 13.2 Å². The summed E-state index contributed by atoms with van der Waals surface area (Å²) in [5, 5.41) is 10.1.